The van der Waals surface area contributed by atoms with Gasteiger partial charge >= 0.3 is 6.09 Å². The topological polar surface area (TPSA) is 149 Å². The molecule has 0 radical (unpaired) electrons. The number of nitrogens with one attached hydrogen (secondary N) is 1. The molecule has 1 aromatic carbocycles. The summed E-state index contributed by atoms with van der Waals surface area (Å²) in [6, 6.07) is 18.3. The highest BCUT2D eigenvalue weighted by Gasteiger charge is 2.38. The van der Waals surface area contributed by atoms with E-state index < -0.39 is 17.2 Å². The van der Waals surface area contributed by atoms with E-state index in [1.165, 1.54) is 12.5 Å². The molecule has 1 N–H and O–H groups in total. The maximum atomic E-state index is 13.6. The molecule has 0 bridgehead atoms. The Morgan fingerprint density at radius 3 is 2.33 bits per heavy atom. The molecule has 0 unspecified atom stereocenters. The summed E-state index contributed by atoms with van der Waals surface area (Å²) < 4.78 is 17.6. The highest BCUT2D eigenvalue weighted by molar-refractivity contribution is 5.95. The first kappa shape index (κ1) is 31.0. The Labute approximate surface area is 260 Å². The Kier molecular flexibility index (Phi) is 8.75. The van der Waals surface area contributed by atoms with Gasteiger partial charge in [-0.2, -0.15) is 0 Å². The van der Waals surface area contributed by atoms with Gasteiger partial charge in [0.1, 0.15) is 17.7 Å². The molecule has 0 aliphatic heterocycles. The molecule has 4 heterocycles. The molecule has 0 aliphatic carbocycles. The van der Waals surface area contributed by atoms with Gasteiger partial charge in [0.2, 0.25) is 5.89 Å². The monoisotopic (exact) mass is 609 g/mol. The van der Waals surface area contributed by atoms with Gasteiger partial charge in [0.05, 0.1) is 18.4 Å². The smallest absolute Gasteiger partial charge is 0.408 e. The van der Waals surface area contributed by atoms with Gasteiger partial charge in [-0.3, -0.25) is 9.78 Å². The maximum absolute atomic E-state index is 13.6. The van der Waals surface area contributed by atoms with E-state index in [0.717, 1.165) is 17.0 Å². The number of rotatable bonds is 9. The summed E-state index contributed by atoms with van der Waals surface area (Å²) in [7, 11) is 1.69. The first-order chi connectivity index (χ1) is 21.4. The van der Waals surface area contributed by atoms with E-state index in [1.807, 2.05) is 76.2 Å². The summed E-state index contributed by atoms with van der Waals surface area (Å²) >= 11 is 0. The van der Waals surface area contributed by atoms with Gasteiger partial charge in [-0.05, 0) is 64.4 Å². The van der Waals surface area contributed by atoms with Crippen molar-refractivity contribution < 1.29 is 23.2 Å². The van der Waals surface area contributed by atoms with Crippen molar-refractivity contribution in [3.63, 3.8) is 0 Å². The van der Waals surface area contributed by atoms with E-state index in [9.17, 15) is 9.59 Å². The van der Waals surface area contributed by atoms with Crippen molar-refractivity contribution in [2.75, 3.05) is 7.05 Å². The van der Waals surface area contributed by atoms with E-state index in [1.54, 1.807) is 31.0 Å². The highest BCUT2D eigenvalue weighted by Crippen LogP contribution is 2.32. The lowest BCUT2D eigenvalue weighted by Crippen LogP contribution is -2.45. The number of aryl methyl sites for hydroxylation is 1. The van der Waals surface area contributed by atoms with Crippen LogP contribution in [0.25, 0.3) is 23.2 Å². The fourth-order valence-corrected chi connectivity index (χ4v) is 4.66. The number of benzene rings is 1. The minimum atomic E-state index is -1.33. The number of ether oxygens (including phenoxy) is 1. The molecular weight excluding hydrogens is 574 g/mol. The number of amides is 2. The molecule has 0 fully saturated rings. The Hall–Kier alpha value is -5.39. The number of nitrogens with zero attached hydrogens (tertiary/aromatic N) is 6. The lowest BCUT2D eigenvalue weighted by Gasteiger charge is -2.29. The van der Waals surface area contributed by atoms with Crippen molar-refractivity contribution in [2.24, 2.45) is 0 Å². The molecule has 2 amide bonds. The van der Waals surface area contributed by atoms with Crippen molar-refractivity contribution in [3.05, 3.63) is 102 Å². The number of hydrogen-bond acceptors (Lipinski definition) is 10. The first-order valence-electron chi connectivity index (χ1n) is 14.4. The number of carbonyl (C=O) groups is 2. The Morgan fingerprint density at radius 1 is 0.933 bits per heavy atom. The normalized spacial score (nSPS) is 12.8. The Bertz CT molecular complexity index is 1780. The van der Waals surface area contributed by atoms with E-state index in [2.05, 4.69) is 30.5 Å². The molecule has 5 rings (SSSR count). The number of pyridine rings is 2. The lowest BCUT2D eigenvalue weighted by molar-refractivity contribution is -0.00123. The van der Waals surface area contributed by atoms with Crippen LogP contribution in [0, 0.1) is 6.92 Å². The van der Waals surface area contributed by atoms with Crippen molar-refractivity contribution >= 4 is 12.0 Å². The molecule has 45 heavy (non-hydrogen) atoms. The molecule has 12 heteroatoms. The van der Waals surface area contributed by atoms with Crippen LogP contribution in [0.4, 0.5) is 4.79 Å². The second-order valence-corrected chi connectivity index (χ2v) is 12.0. The molecule has 0 spiro atoms. The summed E-state index contributed by atoms with van der Waals surface area (Å²) in [6.45, 7) is 9.46. The summed E-state index contributed by atoms with van der Waals surface area (Å²) in [4.78, 5) is 41.4. The van der Waals surface area contributed by atoms with E-state index >= 15 is 0 Å². The van der Waals surface area contributed by atoms with Crippen molar-refractivity contribution in [2.45, 2.75) is 58.7 Å². The maximum Gasteiger partial charge on any atom is 0.408 e. The molecular formula is C33H35N7O5. The van der Waals surface area contributed by atoms with Gasteiger partial charge < -0.3 is 23.8 Å². The Balaban J connectivity index is 1.50. The third-order valence-electron chi connectivity index (χ3n) is 6.69. The fraction of sp³-hybridized carbons (Fsp3) is 0.303. The van der Waals surface area contributed by atoms with Gasteiger partial charge in [0, 0.05) is 30.3 Å². The summed E-state index contributed by atoms with van der Waals surface area (Å²) in [5.41, 5.74) is 1.47. The van der Waals surface area contributed by atoms with Crippen LogP contribution in [0.15, 0.2) is 82.0 Å². The standard InChI is InChI=1S/C33H35N7O5/c1-21-11-10-14-24(35-21)20-40(6)29(41)23-17-25(27-34-15-16-43-27)36-26(18-23)28-38-39-30(44-28)33(5,19-22-12-8-7-9-13-22)45-31(42)37-32(2,3)4/h7-18H,19-20H2,1-6H3,(H,37,42)/t33-/m1/s1. The molecule has 0 saturated carbocycles. The third kappa shape index (κ3) is 7.77. The zero-order valence-corrected chi connectivity index (χ0v) is 26.1. The average Bonchev–Trinajstić information content (AvgIpc) is 3.70. The van der Waals surface area contributed by atoms with Crippen LogP contribution in [0.3, 0.4) is 0 Å². The SMILES string of the molecule is Cc1cccc(CN(C)C(=O)c2cc(-c3ncco3)nc(-c3nnc([C@@](C)(Cc4ccccc4)OC(=O)NC(C)(C)C)o3)c2)n1. The number of oxazole rings is 1. The predicted octanol–water partition coefficient (Wildman–Crippen LogP) is 5.74. The zero-order valence-electron chi connectivity index (χ0n) is 26.1. The average molecular weight is 610 g/mol. The van der Waals surface area contributed by atoms with Crippen LogP contribution in [0.2, 0.25) is 0 Å². The number of carbonyl (C=O) groups excluding carboxylic acids is 2. The summed E-state index contributed by atoms with van der Waals surface area (Å²) in [6.07, 6.45) is 2.53. The van der Waals surface area contributed by atoms with Gasteiger partial charge in [0.15, 0.2) is 5.60 Å². The third-order valence-corrected chi connectivity index (χ3v) is 6.69. The minimum Gasteiger partial charge on any atom is -0.443 e. The molecule has 1 atom stereocenters. The molecule has 0 aliphatic rings. The molecule has 4 aromatic heterocycles. The molecule has 12 nitrogen and oxygen atoms in total. The fourth-order valence-electron chi connectivity index (χ4n) is 4.66. The van der Waals surface area contributed by atoms with E-state index in [4.69, 9.17) is 13.6 Å². The van der Waals surface area contributed by atoms with Crippen LogP contribution >= 0.6 is 0 Å². The van der Waals surface area contributed by atoms with Crippen molar-refractivity contribution in [1.82, 2.24) is 35.4 Å². The minimum absolute atomic E-state index is 0.0228. The van der Waals surface area contributed by atoms with Gasteiger partial charge in [-0.1, -0.05) is 36.4 Å². The van der Waals surface area contributed by atoms with Crippen LogP contribution in [0.5, 0.6) is 0 Å². The molecule has 232 valence electrons. The quantitative estimate of drug-likeness (QED) is 0.219. The number of alkyl carbamates (subject to hydrolysis) is 1. The lowest BCUT2D eigenvalue weighted by atomic mass is 9.96. The second-order valence-electron chi connectivity index (χ2n) is 12.0. The van der Waals surface area contributed by atoms with Crippen LogP contribution in [-0.2, 0) is 23.3 Å². The number of hydrogen-bond donors (Lipinski definition) is 1. The number of aromatic nitrogens is 5. The highest BCUT2D eigenvalue weighted by atomic mass is 16.6. The predicted molar refractivity (Wildman–Crippen MR) is 165 cm³/mol. The van der Waals surface area contributed by atoms with Gasteiger partial charge in [-0.25, -0.2) is 14.8 Å². The largest absolute Gasteiger partial charge is 0.443 e. The molecule has 0 saturated heterocycles. The van der Waals surface area contributed by atoms with E-state index in [0.29, 0.717) is 17.8 Å². The summed E-state index contributed by atoms with van der Waals surface area (Å²) in [5, 5.41) is 11.3. The first-order valence-corrected chi connectivity index (χ1v) is 14.4. The van der Waals surface area contributed by atoms with Gasteiger partial charge in [0.25, 0.3) is 17.7 Å². The van der Waals surface area contributed by atoms with Crippen LogP contribution in [0.1, 0.15) is 60.9 Å². The molecule has 5 aromatic rings. The van der Waals surface area contributed by atoms with Crippen molar-refractivity contribution in [1.29, 1.82) is 0 Å². The zero-order chi connectivity index (χ0) is 32.2. The second kappa shape index (κ2) is 12.7. The van der Waals surface area contributed by atoms with Gasteiger partial charge in [-0.15, -0.1) is 10.2 Å². The van der Waals surface area contributed by atoms with Crippen LogP contribution in [-0.4, -0.2) is 54.6 Å². The Morgan fingerprint density at radius 2 is 1.67 bits per heavy atom. The van der Waals surface area contributed by atoms with Crippen molar-refractivity contribution in [3.8, 4) is 23.2 Å². The summed E-state index contributed by atoms with van der Waals surface area (Å²) in [5.74, 6) is 0.00850. The van der Waals surface area contributed by atoms with Crippen LogP contribution < -0.4 is 5.32 Å². The van der Waals surface area contributed by atoms with E-state index in [-0.39, 0.29) is 35.7 Å².